The molecule has 0 unspecified atom stereocenters. The van der Waals surface area contributed by atoms with Crippen LogP contribution < -0.4 is 10.2 Å². The number of fused-ring (bicyclic) bond motifs is 1. The minimum absolute atomic E-state index is 0.0492. The van der Waals surface area contributed by atoms with Gasteiger partial charge in [0.05, 0.1) is 11.9 Å². The minimum Gasteiger partial charge on any atom is -0.366 e. The van der Waals surface area contributed by atoms with Crippen LogP contribution in [-0.4, -0.2) is 30.7 Å². The van der Waals surface area contributed by atoms with Gasteiger partial charge in [-0.05, 0) is 18.8 Å². The summed E-state index contributed by atoms with van der Waals surface area (Å²) in [6.45, 7) is 3.03. The number of hydrogen-bond acceptors (Lipinski definition) is 3. The van der Waals surface area contributed by atoms with Crippen molar-refractivity contribution in [1.82, 2.24) is 10.3 Å². The van der Waals surface area contributed by atoms with Crippen molar-refractivity contribution in [2.45, 2.75) is 18.9 Å². The molecule has 1 aromatic heterocycles. The predicted octanol–water partition coefficient (Wildman–Crippen LogP) is 2.06. The van der Waals surface area contributed by atoms with Gasteiger partial charge in [0.2, 0.25) is 0 Å². The number of piperidine rings is 1. The quantitative estimate of drug-likeness (QED) is 0.779. The molecule has 2 fully saturated rings. The number of pyridine rings is 1. The van der Waals surface area contributed by atoms with Gasteiger partial charge in [-0.2, -0.15) is 0 Å². The zero-order valence-electron chi connectivity index (χ0n) is 9.50. The summed E-state index contributed by atoms with van der Waals surface area (Å²) < 4.78 is 13.4. The first-order chi connectivity index (χ1) is 8.25. The smallest absolute Gasteiger partial charge is 0.164 e. The highest BCUT2D eigenvalue weighted by Crippen LogP contribution is 2.31. The molecule has 2 aliphatic heterocycles. The summed E-state index contributed by atoms with van der Waals surface area (Å²) in [5.41, 5.74) is 0.852. The maximum atomic E-state index is 13.4. The zero-order chi connectivity index (χ0) is 11.8. The fraction of sp³-hybridized carbons (Fsp3) is 0.583. The molecule has 2 saturated heterocycles. The van der Waals surface area contributed by atoms with Crippen LogP contribution in [0, 0.1) is 11.7 Å². The van der Waals surface area contributed by atoms with E-state index in [9.17, 15) is 4.39 Å². The van der Waals surface area contributed by atoms with Crippen LogP contribution in [0.3, 0.4) is 0 Å². The molecule has 3 rings (SSSR count). The van der Waals surface area contributed by atoms with E-state index in [0.29, 0.717) is 12.0 Å². The molecule has 1 aromatic rings. The van der Waals surface area contributed by atoms with Crippen LogP contribution in [0.4, 0.5) is 10.1 Å². The van der Waals surface area contributed by atoms with E-state index >= 15 is 0 Å². The maximum absolute atomic E-state index is 13.4. The van der Waals surface area contributed by atoms with E-state index in [1.165, 1.54) is 12.5 Å². The monoisotopic (exact) mass is 255 g/mol. The molecule has 2 atom stereocenters. The molecule has 0 spiro atoms. The van der Waals surface area contributed by atoms with Gasteiger partial charge in [0.25, 0.3) is 0 Å². The number of nitrogens with one attached hydrogen (secondary N) is 1. The SMILES string of the molecule is Fc1cc(N2CCC[C@H]3CNC[C@H]32)cnc1Cl. The fourth-order valence-electron chi connectivity index (χ4n) is 2.96. The molecule has 2 aliphatic rings. The number of aromatic nitrogens is 1. The Hall–Kier alpha value is -0.870. The van der Waals surface area contributed by atoms with Gasteiger partial charge < -0.3 is 10.2 Å². The normalized spacial score (nSPS) is 28.2. The number of halogens is 2. The highest BCUT2D eigenvalue weighted by molar-refractivity contribution is 6.29. The van der Waals surface area contributed by atoms with Crippen LogP contribution in [0.25, 0.3) is 0 Å². The average molecular weight is 256 g/mol. The van der Waals surface area contributed by atoms with Crippen LogP contribution >= 0.6 is 11.6 Å². The Morgan fingerprint density at radius 3 is 3.18 bits per heavy atom. The van der Waals surface area contributed by atoms with Crippen molar-refractivity contribution >= 4 is 17.3 Å². The molecule has 0 amide bonds. The lowest BCUT2D eigenvalue weighted by Crippen LogP contribution is -2.45. The number of nitrogens with zero attached hydrogens (tertiary/aromatic N) is 2. The lowest BCUT2D eigenvalue weighted by atomic mass is 9.92. The van der Waals surface area contributed by atoms with Gasteiger partial charge >= 0.3 is 0 Å². The van der Waals surface area contributed by atoms with Crippen molar-refractivity contribution < 1.29 is 4.39 Å². The van der Waals surface area contributed by atoms with E-state index in [1.807, 2.05) is 0 Å². The number of hydrogen-bond donors (Lipinski definition) is 1. The van der Waals surface area contributed by atoms with Crippen molar-refractivity contribution in [1.29, 1.82) is 0 Å². The second-order valence-corrected chi connectivity index (χ2v) is 5.15. The highest BCUT2D eigenvalue weighted by atomic mass is 35.5. The Labute approximate surface area is 105 Å². The lowest BCUT2D eigenvalue weighted by Gasteiger charge is -2.38. The van der Waals surface area contributed by atoms with Crippen LogP contribution in [0.5, 0.6) is 0 Å². The molecule has 0 aliphatic carbocycles. The molecule has 0 bridgehead atoms. The molecule has 0 saturated carbocycles. The Morgan fingerprint density at radius 1 is 1.47 bits per heavy atom. The van der Waals surface area contributed by atoms with Gasteiger partial charge in [-0.15, -0.1) is 0 Å². The van der Waals surface area contributed by atoms with E-state index < -0.39 is 5.82 Å². The second kappa shape index (κ2) is 4.42. The highest BCUT2D eigenvalue weighted by Gasteiger charge is 2.35. The fourth-order valence-corrected chi connectivity index (χ4v) is 3.06. The molecule has 3 nitrogen and oxygen atoms in total. The third-order valence-corrected chi connectivity index (χ3v) is 4.07. The van der Waals surface area contributed by atoms with E-state index in [4.69, 9.17) is 11.6 Å². The zero-order valence-corrected chi connectivity index (χ0v) is 10.3. The van der Waals surface area contributed by atoms with Crippen LogP contribution in [-0.2, 0) is 0 Å². The van der Waals surface area contributed by atoms with E-state index in [0.717, 1.165) is 31.7 Å². The summed E-state index contributed by atoms with van der Waals surface area (Å²) in [7, 11) is 0. The largest absolute Gasteiger partial charge is 0.366 e. The summed E-state index contributed by atoms with van der Waals surface area (Å²) in [4.78, 5) is 6.16. The van der Waals surface area contributed by atoms with Crippen LogP contribution in [0.15, 0.2) is 12.3 Å². The molecule has 5 heteroatoms. The summed E-state index contributed by atoms with van der Waals surface area (Å²) >= 11 is 5.61. The maximum Gasteiger partial charge on any atom is 0.164 e. The molecule has 1 N–H and O–H groups in total. The first kappa shape index (κ1) is 11.2. The van der Waals surface area contributed by atoms with Crippen molar-refractivity contribution in [3.05, 3.63) is 23.2 Å². The third-order valence-electron chi connectivity index (χ3n) is 3.79. The average Bonchev–Trinajstić information content (AvgIpc) is 2.80. The van der Waals surface area contributed by atoms with Gasteiger partial charge in [-0.3, -0.25) is 0 Å². The van der Waals surface area contributed by atoms with Crippen molar-refractivity contribution in [2.75, 3.05) is 24.5 Å². The van der Waals surface area contributed by atoms with Gasteiger partial charge in [0.15, 0.2) is 11.0 Å². The van der Waals surface area contributed by atoms with Crippen LogP contribution in [0.2, 0.25) is 5.15 Å². The van der Waals surface area contributed by atoms with Gasteiger partial charge in [0, 0.05) is 31.7 Å². The van der Waals surface area contributed by atoms with Gasteiger partial charge in [-0.25, -0.2) is 9.37 Å². The summed E-state index contributed by atoms with van der Waals surface area (Å²) in [6, 6.07) is 1.97. The second-order valence-electron chi connectivity index (χ2n) is 4.79. The van der Waals surface area contributed by atoms with Crippen molar-refractivity contribution in [3.63, 3.8) is 0 Å². The number of rotatable bonds is 1. The predicted molar refractivity (Wildman–Crippen MR) is 65.9 cm³/mol. The minimum atomic E-state index is -0.433. The van der Waals surface area contributed by atoms with Gasteiger partial charge in [0.1, 0.15) is 0 Å². The number of anilines is 1. The van der Waals surface area contributed by atoms with Crippen LogP contribution in [0.1, 0.15) is 12.8 Å². The first-order valence-corrected chi connectivity index (χ1v) is 6.42. The van der Waals surface area contributed by atoms with E-state index in [2.05, 4.69) is 15.2 Å². The van der Waals surface area contributed by atoms with Gasteiger partial charge in [-0.1, -0.05) is 11.6 Å². The Morgan fingerprint density at radius 2 is 2.35 bits per heavy atom. The molecular weight excluding hydrogens is 241 g/mol. The summed E-state index contributed by atoms with van der Waals surface area (Å²) in [6.07, 6.45) is 4.09. The third kappa shape index (κ3) is 2.00. The van der Waals surface area contributed by atoms with E-state index in [1.54, 1.807) is 6.20 Å². The topological polar surface area (TPSA) is 28.2 Å². The standard InChI is InChI=1S/C12H15ClFN3/c13-12-10(14)4-9(6-16-12)17-3-1-2-8-5-15-7-11(8)17/h4,6,8,11,15H,1-3,5,7H2/t8-,11+/m0/s1. The molecule has 3 heterocycles. The molecular formula is C12H15ClFN3. The molecule has 0 aromatic carbocycles. The summed E-state index contributed by atoms with van der Waals surface area (Å²) in [5, 5.41) is 3.36. The van der Waals surface area contributed by atoms with Crippen molar-refractivity contribution in [3.8, 4) is 0 Å². The van der Waals surface area contributed by atoms with Crippen molar-refractivity contribution in [2.24, 2.45) is 5.92 Å². The molecule has 0 radical (unpaired) electrons. The first-order valence-electron chi connectivity index (χ1n) is 6.04. The molecule has 92 valence electrons. The Bertz CT molecular complexity index is 426. The lowest BCUT2D eigenvalue weighted by molar-refractivity contribution is 0.384. The summed E-state index contributed by atoms with van der Waals surface area (Å²) in [5.74, 6) is 0.250. The molecule has 17 heavy (non-hydrogen) atoms. The Kier molecular flexibility index (Phi) is 2.92. The van der Waals surface area contributed by atoms with E-state index in [-0.39, 0.29) is 5.15 Å². The Balaban J connectivity index is 1.89.